The van der Waals surface area contributed by atoms with Gasteiger partial charge in [0.2, 0.25) is 0 Å². The fourth-order valence-corrected chi connectivity index (χ4v) is 4.35. The standard InChI is InChI=1S/C13H26O3S/c1-10(14)9-13(2,3)11-6-5-7-12(8-11)17(4,15)16/h10-12,14H,5-9H2,1-4H3. The van der Waals surface area contributed by atoms with Crippen molar-refractivity contribution in [2.75, 3.05) is 6.26 Å². The first-order valence-corrected chi connectivity index (χ1v) is 8.45. The van der Waals surface area contributed by atoms with Crippen LogP contribution in [0.5, 0.6) is 0 Å². The Bertz CT molecular complexity index is 344. The molecule has 0 saturated heterocycles. The predicted octanol–water partition coefficient (Wildman–Crippen LogP) is 2.39. The smallest absolute Gasteiger partial charge is 0.150 e. The SMILES string of the molecule is CC(O)CC(C)(C)C1CCCC(S(C)(=O)=O)C1. The van der Waals surface area contributed by atoms with Crippen molar-refractivity contribution in [1.82, 2.24) is 0 Å². The third kappa shape index (κ3) is 4.25. The van der Waals surface area contributed by atoms with Crippen LogP contribution in [0.15, 0.2) is 0 Å². The summed E-state index contributed by atoms with van der Waals surface area (Å²) < 4.78 is 23.3. The van der Waals surface area contributed by atoms with Crippen molar-refractivity contribution < 1.29 is 13.5 Å². The Morgan fingerprint density at radius 3 is 2.41 bits per heavy atom. The summed E-state index contributed by atoms with van der Waals surface area (Å²) in [6.07, 6.45) is 5.43. The lowest BCUT2D eigenvalue weighted by Gasteiger charge is -2.40. The van der Waals surface area contributed by atoms with Crippen LogP contribution in [0, 0.1) is 11.3 Å². The summed E-state index contributed by atoms with van der Waals surface area (Å²) in [4.78, 5) is 0. The summed E-state index contributed by atoms with van der Waals surface area (Å²) in [6.45, 7) is 6.10. The van der Waals surface area contributed by atoms with E-state index in [1.165, 1.54) is 6.26 Å². The maximum Gasteiger partial charge on any atom is 0.150 e. The molecule has 3 atom stereocenters. The molecule has 3 unspecified atom stereocenters. The van der Waals surface area contributed by atoms with Gasteiger partial charge in [0.25, 0.3) is 0 Å². The average Bonchev–Trinajstić information content (AvgIpc) is 2.14. The highest BCUT2D eigenvalue weighted by atomic mass is 32.2. The van der Waals surface area contributed by atoms with Crippen molar-refractivity contribution in [3.63, 3.8) is 0 Å². The van der Waals surface area contributed by atoms with Crippen LogP contribution in [0.4, 0.5) is 0 Å². The molecule has 0 aromatic carbocycles. The van der Waals surface area contributed by atoms with E-state index in [0.717, 1.165) is 32.1 Å². The molecule has 0 spiro atoms. The zero-order valence-electron chi connectivity index (χ0n) is 11.4. The fraction of sp³-hybridized carbons (Fsp3) is 1.00. The normalized spacial score (nSPS) is 29.0. The van der Waals surface area contributed by atoms with E-state index < -0.39 is 9.84 Å². The third-order valence-electron chi connectivity index (χ3n) is 4.16. The van der Waals surface area contributed by atoms with Gasteiger partial charge in [0, 0.05) is 6.26 Å². The highest BCUT2D eigenvalue weighted by Crippen LogP contribution is 2.42. The number of sulfone groups is 1. The van der Waals surface area contributed by atoms with Crippen molar-refractivity contribution in [3.05, 3.63) is 0 Å². The number of aliphatic hydroxyl groups is 1. The summed E-state index contributed by atoms with van der Waals surface area (Å²) in [5.41, 5.74) is 0.0253. The maximum atomic E-state index is 11.6. The molecule has 1 aliphatic carbocycles. The fourth-order valence-electron chi connectivity index (χ4n) is 3.17. The van der Waals surface area contributed by atoms with Gasteiger partial charge in [-0.3, -0.25) is 0 Å². The summed E-state index contributed by atoms with van der Waals surface area (Å²) in [5.74, 6) is 0.408. The summed E-state index contributed by atoms with van der Waals surface area (Å²) in [7, 11) is -2.91. The van der Waals surface area contributed by atoms with Crippen molar-refractivity contribution in [3.8, 4) is 0 Å². The van der Waals surface area contributed by atoms with E-state index >= 15 is 0 Å². The van der Waals surface area contributed by atoms with Gasteiger partial charge >= 0.3 is 0 Å². The molecule has 1 saturated carbocycles. The van der Waals surface area contributed by atoms with Gasteiger partial charge in [-0.05, 0) is 43.9 Å². The highest BCUT2D eigenvalue weighted by molar-refractivity contribution is 7.91. The van der Waals surface area contributed by atoms with Gasteiger partial charge in [-0.2, -0.15) is 0 Å². The zero-order valence-corrected chi connectivity index (χ0v) is 12.3. The van der Waals surface area contributed by atoms with E-state index in [1.54, 1.807) is 6.92 Å². The predicted molar refractivity (Wildman–Crippen MR) is 70.7 cm³/mol. The molecule has 0 aromatic rings. The van der Waals surface area contributed by atoms with E-state index in [4.69, 9.17) is 0 Å². The highest BCUT2D eigenvalue weighted by Gasteiger charge is 2.37. The van der Waals surface area contributed by atoms with E-state index in [0.29, 0.717) is 5.92 Å². The van der Waals surface area contributed by atoms with Crippen molar-refractivity contribution in [2.45, 2.75) is 64.2 Å². The minimum Gasteiger partial charge on any atom is -0.393 e. The van der Waals surface area contributed by atoms with Crippen LogP contribution in [0.25, 0.3) is 0 Å². The Kier molecular flexibility index (Phi) is 4.64. The monoisotopic (exact) mass is 262 g/mol. The molecule has 0 bridgehead atoms. The van der Waals surface area contributed by atoms with Gasteiger partial charge in [0.05, 0.1) is 11.4 Å². The molecule has 4 heteroatoms. The summed E-state index contributed by atoms with van der Waals surface area (Å²) in [6, 6.07) is 0. The topological polar surface area (TPSA) is 54.4 Å². The number of rotatable bonds is 4. The van der Waals surface area contributed by atoms with Crippen molar-refractivity contribution >= 4 is 9.84 Å². The molecule has 0 radical (unpaired) electrons. The molecule has 1 fully saturated rings. The number of aliphatic hydroxyl groups excluding tert-OH is 1. The summed E-state index contributed by atoms with van der Waals surface area (Å²) >= 11 is 0. The molecule has 1 rings (SSSR count). The quantitative estimate of drug-likeness (QED) is 0.846. The first kappa shape index (κ1) is 15.0. The van der Waals surface area contributed by atoms with Gasteiger partial charge in [-0.1, -0.05) is 20.3 Å². The first-order valence-electron chi connectivity index (χ1n) is 6.50. The first-order chi connectivity index (χ1) is 7.63. The maximum absolute atomic E-state index is 11.6. The lowest BCUT2D eigenvalue weighted by Crippen LogP contribution is -2.36. The second-order valence-corrected chi connectivity index (χ2v) is 8.68. The van der Waals surface area contributed by atoms with Crippen LogP contribution in [0.3, 0.4) is 0 Å². The lowest BCUT2D eigenvalue weighted by atomic mass is 9.68. The molecule has 0 amide bonds. The Morgan fingerprint density at radius 1 is 1.35 bits per heavy atom. The van der Waals surface area contributed by atoms with E-state index in [1.807, 2.05) is 0 Å². The second kappa shape index (κ2) is 5.27. The Hall–Kier alpha value is -0.0900. The zero-order chi connectivity index (χ0) is 13.3. The molecule has 0 aromatic heterocycles. The molecule has 3 nitrogen and oxygen atoms in total. The molecule has 0 aliphatic heterocycles. The molecule has 1 aliphatic rings. The van der Waals surface area contributed by atoms with Crippen LogP contribution >= 0.6 is 0 Å². The summed E-state index contributed by atoms with van der Waals surface area (Å²) in [5, 5.41) is 9.35. The van der Waals surface area contributed by atoms with Gasteiger partial charge in [-0.25, -0.2) is 8.42 Å². The molecule has 17 heavy (non-hydrogen) atoms. The number of hydrogen-bond donors (Lipinski definition) is 1. The van der Waals surface area contributed by atoms with Crippen LogP contribution < -0.4 is 0 Å². The third-order valence-corrected chi connectivity index (χ3v) is 5.80. The van der Waals surface area contributed by atoms with Crippen LogP contribution in [0.1, 0.15) is 52.9 Å². The average molecular weight is 262 g/mol. The second-order valence-electron chi connectivity index (χ2n) is 6.36. The Morgan fingerprint density at radius 2 is 1.94 bits per heavy atom. The Labute approximate surface area is 106 Å². The van der Waals surface area contributed by atoms with Gasteiger partial charge in [-0.15, -0.1) is 0 Å². The molecular weight excluding hydrogens is 236 g/mol. The van der Waals surface area contributed by atoms with Gasteiger partial charge < -0.3 is 5.11 Å². The molecule has 102 valence electrons. The van der Waals surface area contributed by atoms with Crippen molar-refractivity contribution in [2.24, 2.45) is 11.3 Å². The van der Waals surface area contributed by atoms with E-state index in [9.17, 15) is 13.5 Å². The van der Waals surface area contributed by atoms with Crippen LogP contribution in [-0.2, 0) is 9.84 Å². The van der Waals surface area contributed by atoms with Gasteiger partial charge in [0.1, 0.15) is 9.84 Å². The van der Waals surface area contributed by atoms with Crippen LogP contribution in [-0.4, -0.2) is 31.1 Å². The largest absolute Gasteiger partial charge is 0.393 e. The molecular formula is C13H26O3S. The molecule has 0 heterocycles. The number of hydrogen-bond acceptors (Lipinski definition) is 3. The van der Waals surface area contributed by atoms with Crippen LogP contribution in [0.2, 0.25) is 0 Å². The minimum atomic E-state index is -2.91. The lowest BCUT2D eigenvalue weighted by molar-refractivity contribution is 0.0734. The Balaban J connectivity index is 2.72. The minimum absolute atomic E-state index is 0.0253. The molecule has 1 N–H and O–H groups in total. The van der Waals surface area contributed by atoms with Crippen molar-refractivity contribution in [1.29, 1.82) is 0 Å². The van der Waals surface area contributed by atoms with E-state index in [2.05, 4.69) is 13.8 Å². The van der Waals surface area contributed by atoms with E-state index in [-0.39, 0.29) is 16.8 Å². The van der Waals surface area contributed by atoms with Gasteiger partial charge in [0.15, 0.2) is 0 Å².